The molecule has 0 bridgehead atoms. The number of halogens is 5. The molecular weight excluding hydrogens is 403 g/mol. The van der Waals surface area contributed by atoms with E-state index in [2.05, 4.69) is 19.5 Å². The van der Waals surface area contributed by atoms with E-state index in [0.29, 0.717) is 5.56 Å². The van der Waals surface area contributed by atoms with Crippen LogP contribution in [0.5, 0.6) is 17.2 Å². The zero-order valence-electron chi connectivity index (χ0n) is 14.9. The standard InChI is InChI=1S/C18H15F5N2O4/c1-25(9-11-2-5-13(6-3-11)27-17(19,20)21)10-16(26)24-12-4-7-14-15(8-12)29-18(22,23)28-14/h2-8H,9-10H2,1H3,(H,24,26). The summed E-state index contributed by atoms with van der Waals surface area (Å²) in [6.45, 7) is 0.235. The molecule has 1 aliphatic rings. The molecule has 2 aromatic rings. The van der Waals surface area contributed by atoms with E-state index in [0.717, 1.165) is 0 Å². The Hall–Kier alpha value is -3.08. The first-order chi connectivity index (χ1) is 13.5. The van der Waals surface area contributed by atoms with E-state index in [1.165, 1.54) is 42.5 Å². The number of carbonyl (C=O) groups excluding carboxylic acids is 1. The van der Waals surface area contributed by atoms with Crippen molar-refractivity contribution in [3.63, 3.8) is 0 Å². The second-order valence-electron chi connectivity index (χ2n) is 6.24. The minimum Gasteiger partial charge on any atom is -0.406 e. The summed E-state index contributed by atoms with van der Waals surface area (Å²) in [5, 5.41) is 2.54. The molecule has 0 spiro atoms. The van der Waals surface area contributed by atoms with Crippen LogP contribution < -0.4 is 19.5 Å². The van der Waals surface area contributed by atoms with Crippen molar-refractivity contribution in [1.82, 2.24) is 4.90 Å². The number of carbonyl (C=O) groups is 1. The topological polar surface area (TPSA) is 60.0 Å². The van der Waals surface area contributed by atoms with Gasteiger partial charge in [-0.2, -0.15) is 0 Å². The maximum absolute atomic E-state index is 13.0. The molecule has 0 radical (unpaired) electrons. The van der Waals surface area contributed by atoms with Gasteiger partial charge in [-0.1, -0.05) is 12.1 Å². The first-order valence-corrected chi connectivity index (χ1v) is 8.22. The third-order valence-electron chi connectivity index (χ3n) is 3.71. The van der Waals surface area contributed by atoms with Crippen LogP contribution in [0.4, 0.5) is 27.6 Å². The maximum atomic E-state index is 13.0. The molecule has 1 aliphatic heterocycles. The largest absolute Gasteiger partial charge is 0.586 e. The van der Waals surface area contributed by atoms with Crippen molar-refractivity contribution >= 4 is 11.6 Å². The van der Waals surface area contributed by atoms with Gasteiger partial charge in [0.15, 0.2) is 11.5 Å². The summed E-state index contributed by atoms with van der Waals surface area (Å²) in [6.07, 6.45) is -8.51. The SMILES string of the molecule is CN(CC(=O)Nc1ccc2c(c1)OC(F)(F)O2)Cc1ccc(OC(F)(F)F)cc1. The summed E-state index contributed by atoms with van der Waals surface area (Å²) >= 11 is 0. The number of likely N-dealkylation sites (N-methyl/N-ethyl adjacent to an activating group) is 1. The van der Waals surface area contributed by atoms with Crippen LogP contribution in [0.25, 0.3) is 0 Å². The number of hydrogen-bond acceptors (Lipinski definition) is 5. The molecule has 0 aromatic heterocycles. The Bertz CT molecular complexity index is 887. The maximum Gasteiger partial charge on any atom is 0.586 e. The second-order valence-corrected chi connectivity index (χ2v) is 6.24. The Balaban J connectivity index is 1.51. The smallest absolute Gasteiger partial charge is 0.406 e. The van der Waals surface area contributed by atoms with Crippen molar-refractivity contribution in [3.05, 3.63) is 48.0 Å². The number of anilines is 1. The quantitative estimate of drug-likeness (QED) is 0.720. The van der Waals surface area contributed by atoms with Crippen LogP contribution in [0.15, 0.2) is 42.5 Å². The zero-order chi connectivity index (χ0) is 21.2. The highest BCUT2D eigenvalue weighted by atomic mass is 19.4. The molecule has 29 heavy (non-hydrogen) atoms. The summed E-state index contributed by atoms with van der Waals surface area (Å²) in [7, 11) is 1.64. The summed E-state index contributed by atoms with van der Waals surface area (Å²) in [6, 6.07) is 9.12. The number of amides is 1. The third-order valence-corrected chi connectivity index (χ3v) is 3.71. The van der Waals surface area contributed by atoms with Gasteiger partial charge in [-0.25, -0.2) is 0 Å². The number of benzene rings is 2. The number of nitrogens with one attached hydrogen (secondary N) is 1. The molecule has 1 heterocycles. The van der Waals surface area contributed by atoms with Crippen LogP contribution in [0, 0.1) is 0 Å². The normalized spacial score (nSPS) is 14.7. The lowest BCUT2D eigenvalue weighted by Crippen LogP contribution is -2.29. The lowest BCUT2D eigenvalue weighted by Gasteiger charge is -2.17. The summed E-state index contributed by atoms with van der Waals surface area (Å²) < 4.78 is 74.9. The predicted molar refractivity (Wildman–Crippen MR) is 90.7 cm³/mol. The van der Waals surface area contributed by atoms with Crippen molar-refractivity contribution in [2.45, 2.75) is 19.2 Å². The van der Waals surface area contributed by atoms with E-state index in [4.69, 9.17) is 0 Å². The van der Waals surface area contributed by atoms with Gasteiger partial charge in [0.25, 0.3) is 0 Å². The van der Waals surface area contributed by atoms with Crippen LogP contribution >= 0.6 is 0 Å². The van der Waals surface area contributed by atoms with Crippen molar-refractivity contribution < 1.29 is 41.0 Å². The molecule has 0 saturated carbocycles. The van der Waals surface area contributed by atoms with Gasteiger partial charge in [-0.15, -0.1) is 22.0 Å². The first-order valence-electron chi connectivity index (χ1n) is 8.22. The molecular formula is C18H15F5N2O4. The van der Waals surface area contributed by atoms with Crippen molar-refractivity contribution in [3.8, 4) is 17.2 Å². The fourth-order valence-corrected chi connectivity index (χ4v) is 2.64. The number of hydrogen-bond donors (Lipinski definition) is 1. The van der Waals surface area contributed by atoms with E-state index < -0.39 is 18.6 Å². The highest BCUT2D eigenvalue weighted by Gasteiger charge is 2.43. The molecule has 3 rings (SSSR count). The van der Waals surface area contributed by atoms with Gasteiger partial charge in [0, 0.05) is 18.3 Å². The summed E-state index contributed by atoms with van der Waals surface area (Å²) in [5.41, 5.74) is 0.914. The Labute approximate surface area is 161 Å². The van der Waals surface area contributed by atoms with E-state index in [1.807, 2.05) is 0 Å². The minimum atomic E-state index is -4.76. The van der Waals surface area contributed by atoms with E-state index in [1.54, 1.807) is 11.9 Å². The van der Waals surface area contributed by atoms with Crippen LogP contribution in [-0.2, 0) is 11.3 Å². The lowest BCUT2D eigenvalue weighted by molar-refractivity contribution is -0.286. The molecule has 0 saturated heterocycles. The fourth-order valence-electron chi connectivity index (χ4n) is 2.64. The Kier molecular flexibility index (Phi) is 5.51. The van der Waals surface area contributed by atoms with Gasteiger partial charge < -0.3 is 19.5 Å². The molecule has 156 valence electrons. The summed E-state index contributed by atoms with van der Waals surface area (Å²) in [5.74, 6) is -1.09. The molecule has 0 unspecified atom stereocenters. The molecule has 11 heteroatoms. The molecule has 0 fully saturated rings. The lowest BCUT2D eigenvalue weighted by atomic mass is 10.2. The van der Waals surface area contributed by atoms with E-state index in [9.17, 15) is 26.7 Å². The van der Waals surface area contributed by atoms with Crippen LogP contribution in [-0.4, -0.2) is 37.1 Å². The third kappa shape index (κ3) is 5.95. The molecule has 1 N–H and O–H groups in total. The molecule has 0 aliphatic carbocycles. The number of alkyl halides is 5. The number of rotatable bonds is 6. The second kappa shape index (κ2) is 7.74. The van der Waals surface area contributed by atoms with Gasteiger partial charge in [0.2, 0.25) is 5.91 Å². The van der Waals surface area contributed by atoms with Gasteiger partial charge in [0.1, 0.15) is 5.75 Å². The molecule has 2 aromatic carbocycles. The van der Waals surface area contributed by atoms with Gasteiger partial charge >= 0.3 is 12.7 Å². The highest BCUT2D eigenvalue weighted by molar-refractivity contribution is 5.92. The zero-order valence-corrected chi connectivity index (χ0v) is 14.9. The molecule has 0 atom stereocenters. The fraction of sp³-hybridized carbons (Fsp3) is 0.278. The van der Waals surface area contributed by atoms with Crippen LogP contribution in [0.1, 0.15) is 5.56 Å². The number of fused-ring (bicyclic) bond motifs is 1. The predicted octanol–water partition coefficient (Wildman–Crippen LogP) is 3.98. The average Bonchev–Trinajstić information content (AvgIpc) is 2.88. The van der Waals surface area contributed by atoms with Gasteiger partial charge in [0.05, 0.1) is 6.54 Å². The van der Waals surface area contributed by atoms with E-state index >= 15 is 0 Å². The van der Waals surface area contributed by atoms with Crippen molar-refractivity contribution in [1.29, 1.82) is 0 Å². The monoisotopic (exact) mass is 418 g/mol. The summed E-state index contributed by atoms with van der Waals surface area (Å²) in [4.78, 5) is 13.8. The Morgan fingerprint density at radius 3 is 2.41 bits per heavy atom. The number of nitrogens with zero attached hydrogens (tertiary/aromatic N) is 1. The van der Waals surface area contributed by atoms with Gasteiger partial charge in [-0.3, -0.25) is 9.69 Å². The molecule has 6 nitrogen and oxygen atoms in total. The van der Waals surface area contributed by atoms with E-state index in [-0.39, 0.29) is 36.0 Å². The minimum absolute atomic E-state index is 0.0502. The highest BCUT2D eigenvalue weighted by Crippen LogP contribution is 2.42. The number of ether oxygens (including phenoxy) is 3. The average molecular weight is 418 g/mol. The van der Waals surface area contributed by atoms with Crippen LogP contribution in [0.3, 0.4) is 0 Å². The first kappa shape index (κ1) is 20.6. The van der Waals surface area contributed by atoms with Gasteiger partial charge in [-0.05, 0) is 36.9 Å². The van der Waals surface area contributed by atoms with Crippen molar-refractivity contribution in [2.24, 2.45) is 0 Å². The molecule has 1 amide bonds. The Morgan fingerprint density at radius 1 is 1.10 bits per heavy atom. The van der Waals surface area contributed by atoms with Crippen LogP contribution in [0.2, 0.25) is 0 Å². The van der Waals surface area contributed by atoms with Crippen molar-refractivity contribution in [2.75, 3.05) is 18.9 Å². The Morgan fingerprint density at radius 2 is 1.76 bits per heavy atom.